The van der Waals surface area contributed by atoms with Crippen molar-refractivity contribution in [2.24, 2.45) is 17.6 Å². The molecule has 0 saturated heterocycles. The Bertz CT molecular complexity index is 839. The Labute approximate surface area is 307 Å². The minimum Gasteiger partial charge on any atom is -0.480 e. The molecular weight excluding hydrogens is 628 g/mol. The van der Waals surface area contributed by atoms with Crippen molar-refractivity contribution in [2.75, 3.05) is 6.54 Å². The number of nitrogens with two attached hydrogens (primary N) is 1. The van der Waals surface area contributed by atoms with Gasteiger partial charge in [0.2, 0.25) is 5.91 Å². The summed E-state index contributed by atoms with van der Waals surface area (Å²) < 4.78 is 5.73. The van der Waals surface area contributed by atoms with Crippen molar-refractivity contribution in [1.29, 1.82) is 0 Å². The molecule has 294 valence electrons. The number of aliphatic carboxylic acids is 1. The molecule has 50 heavy (non-hydrogen) atoms. The smallest absolute Gasteiger partial charge is 0.326 e. The largest absolute Gasteiger partial charge is 0.480 e. The van der Waals surface area contributed by atoms with E-state index >= 15 is 0 Å². The summed E-state index contributed by atoms with van der Waals surface area (Å²) in [7, 11) is 0. The van der Waals surface area contributed by atoms with E-state index in [1.54, 1.807) is 0 Å². The highest BCUT2D eigenvalue weighted by Crippen LogP contribution is 2.45. The van der Waals surface area contributed by atoms with Crippen LogP contribution in [0.15, 0.2) is 0 Å². The molecule has 5 atom stereocenters. The molecule has 1 fully saturated rings. The van der Waals surface area contributed by atoms with Gasteiger partial charge in [-0.25, -0.2) is 4.79 Å². The number of aliphatic hydroxyl groups is 1. The predicted molar refractivity (Wildman–Crippen MR) is 206 cm³/mol. The van der Waals surface area contributed by atoms with E-state index in [9.17, 15) is 24.6 Å². The van der Waals surface area contributed by atoms with E-state index in [0.717, 1.165) is 43.9 Å². The fraction of sp³-hybridized carbons (Fsp3) is 0.929. The molecule has 1 saturated carbocycles. The average molecular weight is 709 g/mol. The number of carboxylic acids is 1. The van der Waals surface area contributed by atoms with Gasteiger partial charge >= 0.3 is 11.9 Å². The van der Waals surface area contributed by atoms with E-state index in [4.69, 9.17) is 10.5 Å². The average Bonchev–Trinajstić information content (AvgIpc) is 3.84. The summed E-state index contributed by atoms with van der Waals surface area (Å²) in [5.74, 6) is -0.0559. The first-order valence-corrected chi connectivity index (χ1v) is 21.4. The van der Waals surface area contributed by atoms with Crippen LogP contribution in [0.2, 0.25) is 0 Å². The number of ether oxygens (including phenoxy) is 1. The van der Waals surface area contributed by atoms with E-state index in [2.05, 4.69) is 19.2 Å². The molecule has 0 radical (unpaired) electrons. The zero-order valence-electron chi connectivity index (χ0n) is 32.6. The molecular formula is C42H80N2O6. The Morgan fingerprint density at radius 3 is 1.60 bits per heavy atom. The van der Waals surface area contributed by atoms with Crippen LogP contribution < -0.4 is 11.1 Å². The number of carbonyl (C=O) groups excluding carboxylic acids is 2. The SMILES string of the molecule is CCCCCCCCCCCCCCCC(CC(=O)N[C@@H](CCCN)C(=O)O)OC(=O)CC(O)CCCCCCCC1CC1CCCCCC. The molecule has 0 heterocycles. The molecule has 0 aromatic heterocycles. The van der Waals surface area contributed by atoms with Gasteiger partial charge in [0.05, 0.1) is 18.9 Å². The van der Waals surface area contributed by atoms with Crippen molar-refractivity contribution in [3.63, 3.8) is 0 Å². The van der Waals surface area contributed by atoms with Crippen molar-refractivity contribution >= 4 is 17.8 Å². The Hall–Kier alpha value is -1.67. The van der Waals surface area contributed by atoms with Gasteiger partial charge in [0.25, 0.3) is 0 Å². The summed E-state index contributed by atoms with van der Waals surface area (Å²) in [5, 5.41) is 22.6. The Kier molecular flexibility index (Phi) is 29.7. The maximum absolute atomic E-state index is 12.8. The molecule has 0 aliphatic heterocycles. The molecule has 1 aliphatic rings. The first-order valence-electron chi connectivity index (χ1n) is 21.4. The van der Waals surface area contributed by atoms with Gasteiger partial charge < -0.3 is 26.0 Å². The summed E-state index contributed by atoms with van der Waals surface area (Å²) in [6.07, 6.45) is 31.8. The number of hydrogen-bond donors (Lipinski definition) is 4. The Morgan fingerprint density at radius 2 is 1.10 bits per heavy atom. The van der Waals surface area contributed by atoms with Crippen LogP contribution in [0.4, 0.5) is 0 Å². The summed E-state index contributed by atoms with van der Waals surface area (Å²) >= 11 is 0. The van der Waals surface area contributed by atoms with Crippen LogP contribution in [-0.2, 0) is 19.1 Å². The number of carbonyl (C=O) groups is 3. The lowest BCUT2D eigenvalue weighted by molar-refractivity contribution is -0.153. The summed E-state index contributed by atoms with van der Waals surface area (Å²) in [6, 6.07) is -1.01. The van der Waals surface area contributed by atoms with Crippen molar-refractivity contribution in [1.82, 2.24) is 5.32 Å². The first-order chi connectivity index (χ1) is 24.3. The van der Waals surface area contributed by atoms with Crippen LogP contribution in [0.1, 0.15) is 213 Å². The number of unbranched alkanes of at least 4 members (excludes halogenated alkanes) is 19. The molecule has 4 unspecified atom stereocenters. The fourth-order valence-corrected chi connectivity index (χ4v) is 7.33. The highest BCUT2D eigenvalue weighted by atomic mass is 16.5. The minimum absolute atomic E-state index is 0.0764. The van der Waals surface area contributed by atoms with Gasteiger partial charge in [-0.05, 0) is 56.9 Å². The number of rotatable bonds is 37. The third-order valence-corrected chi connectivity index (χ3v) is 10.7. The molecule has 1 aliphatic carbocycles. The molecule has 0 aromatic carbocycles. The minimum atomic E-state index is -1.09. The third-order valence-electron chi connectivity index (χ3n) is 10.7. The van der Waals surface area contributed by atoms with Crippen LogP contribution in [0, 0.1) is 11.8 Å². The zero-order valence-corrected chi connectivity index (χ0v) is 32.6. The third kappa shape index (κ3) is 27.0. The first kappa shape index (κ1) is 46.4. The van der Waals surface area contributed by atoms with Crippen molar-refractivity contribution < 1.29 is 29.3 Å². The van der Waals surface area contributed by atoms with Gasteiger partial charge in [0, 0.05) is 0 Å². The van der Waals surface area contributed by atoms with Crippen molar-refractivity contribution in [3.05, 3.63) is 0 Å². The van der Waals surface area contributed by atoms with Crippen molar-refractivity contribution in [3.8, 4) is 0 Å². The molecule has 0 spiro atoms. The molecule has 0 aromatic rings. The normalized spacial score (nSPS) is 17.3. The summed E-state index contributed by atoms with van der Waals surface area (Å²) in [4.78, 5) is 37.2. The number of nitrogens with one attached hydrogen (secondary N) is 1. The van der Waals surface area contributed by atoms with Gasteiger partial charge in [-0.1, -0.05) is 162 Å². The molecule has 8 nitrogen and oxygen atoms in total. The second-order valence-corrected chi connectivity index (χ2v) is 15.5. The number of amides is 1. The quantitative estimate of drug-likeness (QED) is 0.0372. The highest BCUT2D eigenvalue weighted by Gasteiger charge is 2.35. The van der Waals surface area contributed by atoms with Gasteiger partial charge in [-0.2, -0.15) is 0 Å². The monoisotopic (exact) mass is 709 g/mol. The second kappa shape index (κ2) is 32.0. The number of esters is 1. The van der Waals surface area contributed by atoms with Gasteiger partial charge in [0.15, 0.2) is 0 Å². The maximum Gasteiger partial charge on any atom is 0.326 e. The van der Waals surface area contributed by atoms with E-state index in [-0.39, 0.29) is 19.3 Å². The van der Waals surface area contributed by atoms with Gasteiger partial charge in [0.1, 0.15) is 12.1 Å². The van der Waals surface area contributed by atoms with E-state index in [1.165, 1.54) is 128 Å². The molecule has 0 bridgehead atoms. The highest BCUT2D eigenvalue weighted by molar-refractivity contribution is 5.84. The van der Waals surface area contributed by atoms with Crippen LogP contribution in [0.25, 0.3) is 0 Å². The molecule has 1 rings (SSSR count). The van der Waals surface area contributed by atoms with Crippen LogP contribution in [-0.4, -0.2) is 52.9 Å². The second-order valence-electron chi connectivity index (χ2n) is 15.5. The Morgan fingerprint density at radius 1 is 0.640 bits per heavy atom. The lowest BCUT2D eigenvalue weighted by atomic mass is 10.0. The maximum atomic E-state index is 12.8. The van der Waals surface area contributed by atoms with Crippen LogP contribution in [0.5, 0.6) is 0 Å². The summed E-state index contributed by atoms with van der Waals surface area (Å²) in [5.41, 5.74) is 5.53. The standard InChI is InChI=1S/C42H80N2O6/c1-3-5-7-9-10-11-12-13-14-15-16-20-24-29-38(34-40(46)44-39(42(48)49)30-25-31-43)50-41(47)33-37(45)28-23-19-17-18-22-27-36-32-35(36)26-21-8-6-4-2/h35-39,45H,3-34,43H2,1-2H3,(H,44,46)(H,48,49)/t35?,36?,37?,38?,39-/m0/s1. The topological polar surface area (TPSA) is 139 Å². The van der Waals surface area contributed by atoms with Gasteiger partial charge in [-0.15, -0.1) is 0 Å². The molecule has 8 heteroatoms. The van der Waals surface area contributed by atoms with Gasteiger partial charge in [-0.3, -0.25) is 9.59 Å². The number of carboxylic acid groups (broad SMARTS) is 1. The number of aliphatic hydroxyl groups excluding tert-OH is 1. The lowest BCUT2D eigenvalue weighted by Crippen LogP contribution is -2.42. The van der Waals surface area contributed by atoms with E-state index in [0.29, 0.717) is 25.8 Å². The van der Waals surface area contributed by atoms with Crippen molar-refractivity contribution in [2.45, 2.75) is 231 Å². The Balaban J connectivity index is 2.32. The van der Waals surface area contributed by atoms with E-state index in [1.807, 2.05) is 0 Å². The van der Waals surface area contributed by atoms with E-state index < -0.39 is 36.1 Å². The number of hydrogen-bond acceptors (Lipinski definition) is 6. The van der Waals surface area contributed by atoms with Crippen LogP contribution >= 0.6 is 0 Å². The fourth-order valence-electron chi connectivity index (χ4n) is 7.33. The predicted octanol–water partition coefficient (Wildman–Crippen LogP) is 10.2. The zero-order chi connectivity index (χ0) is 36.7. The molecule has 1 amide bonds. The van der Waals surface area contributed by atoms with Crippen LogP contribution in [0.3, 0.4) is 0 Å². The summed E-state index contributed by atoms with van der Waals surface area (Å²) in [6.45, 7) is 4.87. The lowest BCUT2D eigenvalue weighted by Gasteiger charge is -2.20. The molecule has 5 N–H and O–H groups in total.